The van der Waals surface area contributed by atoms with E-state index in [4.69, 9.17) is 18.9 Å². The first-order valence-electron chi connectivity index (χ1n) is 14.5. The Morgan fingerprint density at radius 2 is 2.00 bits per heavy atom. The summed E-state index contributed by atoms with van der Waals surface area (Å²) in [6.45, 7) is 6.92. The highest BCUT2D eigenvalue weighted by molar-refractivity contribution is 7.89. The molecule has 0 saturated carbocycles. The predicted molar refractivity (Wildman–Crippen MR) is 170 cm³/mol. The van der Waals surface area contributed by atoms with E-state index in [1.165, 1.54) is 37.6 Å². The number of carbonyl (C=O) groups excluding carboxylic acids is 1. The highest BCUT2D eigenvalue weighted by atomic mass is 32.2. The molecule has 1 aliphatic rings. The molecule has 0 spiro atoms. The Balaban J connectivity index is 1.26. The quantitative estimate of drug-likeness (QED) is 0.154. The van der Waals surface area contributed by atoms with E-state index >= 15 is 0 Å². The highest BCUT2D eigenvalue weighted by Crippen LogP contribution is 2.27. The zero-order valence-corrected chi connectivity index (χ0v) is 27.6. The zero-order valence-electron chi connectivity index (χ0n) is 26.0. The van der Waals surface area contributed by atoms with Crippen LogP contribution in [0, 0.1) is 24.6 Å². The van der Waals surface area contributed by atoms with Gasteiger partial charge in [-0.3, -0.25) is 0 Å². The van der Waals surface area contributed by atoms with Crippen molar-refractivity contribution in [2.24, 2.45) is 0 Å². The lowest BCUT2D eigenvalue weighted by Crippen LogP contribution is -2.27. The summed E-state index contributed by atoms with van der Waals surface area (Å²) in [5, 5.41) is 3.85. The largest absolute Gasteiger partial charge is 0.491 e. The van der Waals surface area contributed by atoms with Crippen molar-refractivity contribution in [3.05, 3.63) is 70.0 Å². The standard InChI is InChI=1S/C32H38FN3O7S2/c1-22-10-13-25(14-11-22)45(38,39)36(4)18-6-8-23-12-15-27(26(33)20-23)41-19-7-9-28-29(30(37)40-5)35-31(44-28)34-17-16-24-21-42-32(2,3)43-24/h10-15,20,24H,7,9,16-19,21H2,1-5H3,(H,34,35). The molecule has 242 valence electrons. The molecule has 1 N–H and O–H groups in total. The van der Waals surface area contributed by atoms with Crippen LogP contribution in [-0.4, -0.2) is 76.0 Å². The van der Waals surface area contributed by atoms with Crippen LogP contribution in [0.3, 0.4) is 0 Å². The number of hydrogen-bond donors (Lipinski definition) is 1. The van der Waals surface area contributed by atoms with Crippen molar-refractivity contribution in [1.29, 1.82) is 0 Å². The average Bonchev–Trinajstić information content (AvgIpc) is 3.57. The molecule has 1 saturated heterocycles. The van der Waals surface area contributed by atoms with Gasteiger partial charge in [-0.25, -0.2) is 22.6 Å². The zero-order chi connectivity index (χ0) is 32.6. The molecule has 0 radical (unpaired) electrons. The van der Waals surface area contributed by atoms with Gasteiger partial charge in [-0.15, -0.1) is 11.3 Å². The van der Waals surface area contributed by atoms with Gasteiger partial charge >= 0.3 is 5.97 Å². The van der Waals surface area contributed by atoms with Crippen LogP contribution in [0.5, 0.6) is 5.75 Å². The summed E-state index contributed by atoms with van der Waals surface area (Å²) >= 11 is 1.37. The molecule has 2 heterocycles. The van der Waals surface area contributed by atoms with Crippen LogP contribution in [0.4, 0.5) is 9.52 Å². The number of halogens is 1. The van der Waals surface area contributed by atoms with Gasteiger partial charge in [0.15, 0.2) is 28.2 Å². The second-order valence-electron chi connectivity index (χ2n) is 10.9. The third-order valence-electron chi connectivity index (χ3n) is 6.89. The van der Waals surface area contributed by atoms with Crippen LogP contribution in [0.15, 0.2) is 47.4 Å². The van der Waals surface area contributed by atoms with Gasteiger partial charge in [-0.1, -0.05) is 29.5 Å². The molecule has 45 heavy (non-hydrogen) atoms. The number of methoxy groups -OCH3 is 1. The number of aromatic nitrogens is 1. The summed E-state index contributed by atoms with van der Waals surface area (Å²) in [5.74, 6) is 3.98. The third kappa shape index (κ3) is 9.48. The maximum absolute atomic E-state index is 14.7. The Morgan fingerprint density at radius 3 is 2.67 bits per heavy atom. The molecule has 0 aliphatic carbocycles. The lowest BCUT2D eigenvalue weighted by molar-refractivity contribution is -0.138. The number of rotatable bonds is 13. The van der Waals surface area contributed by atoms with Gasteiger partial charge in [0, 0.05) is 24.0 Å². The smallest absolute Gasteiger partial charge is 0.357 e. The van der Waals surface area contributed by atoms with E-state index in [0.29, 0.717) is 36.7 Å². The molecule has 10 nitrogen and oxygen atoms in total. The first-order valence-corrected chi connectivity index (χ1v) is 16.7. The number of hydrogen-bond acceptors (Lipinski definition) is 10. The predicted octanol–water partition coefficient (Wildman–Crippen LogP) is 5.01. The molecule has 1 aromatic heterocycles. The number of anilines is 1. The Kier molecular flexibility index (Phi) is 11.6. The Morgan fingerprint density at radius 1 is 1.24 bits per heavy atom. The summed E-state index contributed by atoms with van der Waals surface area (Å²) in [6.07, 6.45) is 1.71. The van der Waals surface area contributed by atoms with Crippen molar-refractivity contribution in [1.82, 2.24) is 9.29 Å². The van der Waals surface area contributed by atoms with Crippen molar-refractivity contribution in [3.8, 4) is 17.6 Å². The number of nitrogens with one attached hydrogen (secondary N) is 1. The normalized spacial score (nSPS) is 15.8. The fourth-order valence-electron chi connectivity index (χ4n) is 4.44. The van der Waals surface area contributed by atoms with Crippen LogP contribution in [-0.2, 0) is 30.7 Å². The summed E-state index contributed by atoms with van der Waals surface area (Å²) in [7, 11) is -0.926. The Bertz CT molecular complexity index is 1650. The molecule has 1 aliphatic heterocycles. The Labute approximate surface area is 267 Å². The van der Waals surface area contributed by atoms with E-state index in [2.05, 4.69) is 22.1 Å². The van der Waals surface area contributed by atoms with Gasteiger partial charge in [-0.05, 0) is 70.4 Å². The molecule has 1 atom stereocenters. The van der Waals surface area contributed by atoms with Crippen LogP contribution in [0.25, 0.3) is 0 Å². The number of thiazole rings is 1. The number of benzene rings is 2. The number of carbonyl (C=O) groups is 1. The van der Waals surface area contributed by atoms with Crippen molar-refractivity contribution < 1.29 is 36.6 Å². The molecular weight excluding hydrogens is 621 g/mol. The number of sulfonamides is 1. The van der Waals surface area contributed by atoms with Gasteiger partial charge < -0.3 is 24.3 Å². The minimum absolute atomic E-state index is 0.0133. The minimum atomic E-state index is -3.68. The minimum Gasteiger partial charge on any atom is -0.491 e. The highest BCUT2D eigenvalue weighted by Gasteiger charge is 2.32. The van der Waals surface area contributed by atoms with Crippen molar-refractivity contribution >= 4 is 32.5 Å². The fraction of sp³-hybridized carbons (Fsp3) is 0.438. The molecule has 1 unspecified atom stereocenters. The fourth-order valence-corrected chi connectivity index (χ4v) is 6.53. The number of nitrogens with zero attached hydrogens (tertiary/aromatic N) is 2. The van der Waals surface area contributed by atoms with E-state index in [1.807, 2.05) is 20.8 Å². The van der Waals surface area contributed by atoms with E-state index < -0.39 is 27.6 Å². The lowest BCUT2D eigenvalue weighted by Gasteiger charge is -2.17. The summed E-state index contributed by atoms with van der Waals surface area (Å²) in [5.41, 5.74) is 1.60. The van der Waals surface area contributed by atoms with E-state index in [9.17, 15) is 17.6 Å². The van der Waals surface area contributed by atoms with Gasteiger partial charge in [0.25, 0.3) is 0 Å². The first kappa shape index (κ1) is 34.3. The lowest BCUT2D eigenvalue weighted by atomic mass is 10.2. The van der Waals surface area contributed by atoms with Gasteiger partial charge in [0.1, 0.15) is 0 Å². The first-order chi connectivity index (χ1) is 21.4. The maximum Gasteiger partial charge on any atom is 0.357 e. The summed E-state index contributed by atoms with van der Waals surface area (Å²) < 4.78 is 63.3. The summed E-state index contributed by atoms with van der Waals surface area (Å²) in [4.78, 5) is 17.6. The molecule has 0 amide bonds. The molecule has 3 aromatic rings. The monoisotopic (exact) mass is 659 g/mol. The second kappa shape index (κ2) is 15.2. The van der Waals surface area contributed by atoms with Crippen molar-refractivity contribution in [2.45, 2.75) is 56.8 Å². The van der Waals surface area contributed by atoms with Crippen molar-refractivity contribution in [2.75, 3.05) is 45.8 Å². The van der Waals surface area contributed by atoms with Crippen LogP contribution < -0.4 is 10.1 Å². The van der Waals surface area contributed by atoms with E-state index in [-0.39, 0.29) is 35.6 Å². The van der Waals surface area contributed by atoms with Gasteiger partial charge in [-0.2, -0.15) is 4.31 Å². The van der Waals surface area contributed by atoms with Crippen molar-refractivity contribution in [3.63, 3.8) is 0 Å². The van der Waals surface area contributed by atoms with E-state index in [0.717, 1.165) is 21.2 Å². The van der Waals surface area contributed by atoms with Gasteiger partial charge in [0.05, 0.1) is 37.9 Å². The summed E-state index contributed by atoms with van der Waals surface area (Å²) in [6, 6.07) is 10.9. The maximum atomic E-state index is 14.7. The van der Waals surface area contributed by atoms with Crippen LogP contribution in [0.1, 0.15) is 53.2 Å². The number of aryl methyl sites for hydroxylation is 2. The number of esters is 1. The van der Waals surface area contributed by atoms with Gasteiger partial charge in [0.2, 0.25) is 10.0 Å². The third-order valence-corrected chi connectivity index (χ3v) is 9.78. The van der Waals surface area contributed by atoms with E-state index in [1.54, 1.807) is 30.3 Å². The number of ether oxygens (including phenoxy) is 4. The average molecular weight is 660 g/mol. The van der Waals surface area contributed by atoms with Crippen LogP contribution >= 0.6 is 11.3 Å². The molecule has 1 fully saturated rings. The molecular formula is C32H38FN3O7S2. The molecule has 4 rings (SSSR count). The molecule has 13 heteroatoms. The molecule has 0 bridgehead atoms. The molecule has 2 aromatic carbocycles. The Hall–Kier alpha value is -3.54. The topological polar surface area (TPSA) is 116 Å². The van der Waals surface area contributed by atoms with Crippen LogP contribution in [0.2, 0.25) is 0 Å². The second-order valence-corrected chi connectivity index (χ2v) is 14.1. The SMILES string of the molecule is COC(=O)c1nc(NCCC2COC(C)(C)O2)sc1CCCOc1ccc(C#CCN(C)S(=O)(=O)c2ccc(C)cc2)cc1F.